The monoisotopic (exact) mass is 499 g/mol. The summed E-state index contributed by atoms with van der Waals surface area (Å²) in [7, 11) is -3.93. The molecule has 0 bridgehead atoms. The van der Waals surface area contributed by atoms with E-state index in [0.29, 0.717) is 30.0 Å². The van der Waals surface area contributed by atoms with Gasteiger partial charge in [-0.1, -0.05) is 19.1 Å². The molecule has 1 aromatic heterocycles. The topological polar surface area (TPSA) is 117 Å². The highest BCUT2D eigenvalue weighted by Crippen LogP contribution is 2.23. The van der Waals surface area contributed by atoms with Crippen LogP contribution in [-0.4, -0.2) is 53.1 Å². The largest absolute Gasteiger partial charge is 0.341 e. The highest BCUT2D eigenvalue weighted by Gasteiger charge is 2.31. The summed E-state index contributed by atoms with van der Waals surface area (Å²) in [6.45, 7) is 3.67. The first-order valence-electron chi connectivity index (χ1n) is 9.78. The normalized spacial score (nSPS) is 16.4. The van der Waals surface area contributed by atoms with Gasteiger partial charge in [0.15, 0.2) is 0 Å². The number of rotatable bonds is 8. The second kappa shape index (κ2) is 9.90. The second-order valence-corrected chi connectivity index (χ2v) is 9.99. The van der Waals surface area contributed by atoms with E-state index in [1.807, 2.05) is 5.48 Å². The molecule has 0 spiro atoms. The molecule has 0 aliphatic carbocycles. The number of carbonyl (C=O) groups is 1. The first-order valence-corrected chi connectivity index (χ1v) is 12.1. The molecule has 0 saturated carbocycles. The van der Waals surface area contributed by atoms with Crippen molar-refractivity contribution >= 4 is 37.8 Å². The number of nitrogens with one attached hydrogen (secondary N) is 2. The van der Waals surface area contributed by atoms with Gasteiger partial charge in [-0.2, -0.15) is 4.72 Å². The molecular formula is C19H26BrN5O4S. The molecule has 2 heterocycles. The van der Waals surface area contributed by atoms with E-state index in [2.05, 4.69) is 32.6 Å². The van der Waals surface area contributed by atoms with E-state index in [4.69, 9.17) is 5.21 Å². The number of halogens is 1. The smallest absolute Gasteiger partial charge is 0.242 e. The van der Waals surface area contributed by atoms with Gasteiger partial charge in [0.25, 0.3) is 0 Å². The highest BCUT2D eigenvalue weighted by atomic mass is 79.9. The first kappa shape index (κ1) is 22.7. The molecule has 1 unspecified atom stereocenters. The standard InChI is InChI=1S/C19H26BrN5O4S/c1-14-6-10-24(11-7-14)18(26)16(8-12-25-13-9-21-19(25)22-27)23-30(28,29)17-5-3-2-4-15(17)20/h2-5,9,13-14,16,23,27H,6-8,10-12H2,1H3,(H,21,22). The van der Waals surface area contributed by atoms with Gasteiger partial charge in [-0.25, -0.2) is 18.9 Å². The molecule has 3 N–H and O–H groups in total. The SMILES string of the molecule is CC1CCN(C(=O)C(CCn2ccnc2NO)NS(=O)(=O)c2ccccc2Br)CC1. The number of aryl methyl sites for hydroxylation is 1. The Morgan fingerprint density at radius 2 is 2.03 bits per heavy atom. The zero-order valence-corrected chi connectivity index (χ0v) is 19.1. The molecule has 3 rings (SSSR count). The maximum Gasteiger partial charge on any atom is 0.242 e. The van der Waals surface area contributed by atoms with Crippen LogP contribution in [0.25, 0.3) is 0 Å². The molecule has 0 radical (unpaired) electrons. The van der Waals surface area contributed by atoms with Gasteiger partial charge in [-0.05, 0) is 53.2 Å². The number of hydrogen-bond donors (Lipinski definition) is 3. The number of anilines is 1. The van der Waals surface area contributed by atoms with Gasteiger partial charge in [0.2, 0.25) is 21.9 Å². The third-order valence-corrected chi connectivity index (χ3v) is 7.77. The van der Waals surface area contributed by atoms with E-state index < -0.39 is 16.1 Å². The summed E-state index contributed by atoms with van der Waals surface area (Å²) in [5, 5.41) is 9.15. The Labute approximate surface area is 184 Å². The predicted octanol–water partition coefficient (Wildman–Crippen LogP) is 2.44. The molecule has 1 aliphatic rings. The Balaban J connectivity index is 1.81. The number of carbonyl (C=O) groups excluding carboxylic acids is 1. The van der Waals surface area contributed by atoms with Crippen molar-refractivity contribution in [3.05, 3.63) is 41.1 Å². The summed E-state index contributed by atoms with van der Waals surface area (Å²) < 4.78 is 30.6. The molecule has 1 amide bonds. The van der Waals surface area contributed by atoms with Crippen LogP contribution < -0.4 is 10.2 Å². The maximum atomic E-state index is 13.2. The van der Waals surface area contributed by atoms with Crippen molar-refractivity contribution < 1.29 is 18.4 Å². The van der Waals surface area contributed by atoms with Gasteiger partial charge in [-0.3, -0.25) is 10.0 Å². The minimum atomic E-state index is -3.93. The molecule has 1 fully saturated rings. The molecule has 11 heteroatoms. The van der Waals surface area contributed by atoms with Gasteiger partial charge in [-0.15, -0.1) is 0 Å². The molecule has 2 aromatic rings. The van der Waals surface area contributed by atoms with Crippen molar-refractivity contribution in [2.45, 2.75) is 43.7 Å². The number of benzene rings is 1. The van der Waals surface area contributed by atoms with Crippen LogP contribution >= 0.6 is 15.9 Å². The fourth-order valence-corrected chi connectivity index (χ4v) is 5.69. The quantitative estimate of drug-likeness (QED) is 0.480. The third kappa shape index (κ3) is 5.39. The number of sulfonamides is 1. The lowest BCUT2D eigenvalue weighted by Gasteiger charge is -2.33. The summed E-state index contributed by atoms with van der Waals surface area (Å²) in [4.78, 5) is 19.0. The third-order valence-electron chi connectivity index (χ3n) is 5.29. The number of hydrogen-bond acceptors (Lipinski definition) is 6. The number of nitrogens with zero attached hydrogens (tertiary/aromatic N) is 3. The fourth-order valence-electron chi connectivity index (χ4n) is 3.47. The van der Waals surface area contributed by atoms with Gasteiger partial charge < -0.3 is 9.47 Å². The van der Waals surface area contributed by atoms with Crippen LogP contribution in [0.3, 0.4) is 0 Å². The van der Waals surface area contributed by atoms with Crippen LogP contribution in [0.2, 0.25) is 0 Å². The van der Waals surface area contributed by atoms with E-state index in [-0.39, 0.29) is 23.2 Å². The lowest BCUT2D eigenvalue weighted by molar-refractivity contribution is -0.134. The van der Waals surface area contributed by atoms with Crippen LogP contribution in [0.1, 0.15) is 26.2 Å². The van der Waals surface area contributed by atoms with E-state index in [9.17, 15) is 13.2 Å². The second-order valence-electron chi connectivity index (χ2n) is 7.46. The molecule has 1 aliphatic heterocycles. The molecule has 1 aromatic carbocycles. The highest BCUT2D eigenvalue weighted by molar-refractivity contribution is 9.10. The predicted molar refractivity (Wildman–Crippen MR) is 115 cm³/mol. The lowest BCUT2D eigenvalue weighted by atomic mass is 9.98. The van der Waals surface area contributed by atoms with Gasteiger partial charge in [0.1, 0.15) is 6.04 Å². The Kier molecular flexibility index (Phi) is 7.50. The van der Waals surface area contributed by atoms with E-state index in [0.717, 1.165) is 12.8 Å². The first-order chi connectivity index (χ1) is 14.3. The maximum absolute atomic E-state index is 13.2. The Bertz CT molecular complexity index is 973. The summed E-state index contributed by atoms with van der Waals surface area (Å²) in [6, 6.07) is 5.54. The van der Waals surface area contributed by atoms with Crippen LogP contribution in [0.5, 0.6) is 0 Å². The van der Waals surface area contributed by atoms with Crippen molar-refractivity contribution in [3.63, 3.8) is 0 Å². The number of aromatic nitrogens is 2. The number of piperidine rings is 1. The van der Waals surface area contributed by atoms with Crippen molar-refractivity contribution in [2.24, 2.45) is 5.92 Å². The minimum absolute atomic E-state index is 0.0791. The molecule has 1 atom stereocenters. The molecule has 1 saturated heterocycles. The van der Waals surface area contributed by atoms with E-state index in [1.54, 1.807) is 33.9 Å². The zero-order valence-electron chi connectivity index (χ0n) is 16.7. The summed E-state index contributed by atoms with van der Waals surface area (Å²) in [5.74, 6) is 0.534. The molecule has 30 heavy (non-hydrogen) atoms. The van der Waals surface area contributed by atoms with Crippen LogP contribution in [-0.2, 0) is 21.4 Å². The summed E-state index contributed by atoms with van der Waals surface area (Å²) in [5.41, 5.74) is 1.99. The van der Waals surface area contributed by atoms with Gasteiger partial charge in [0.05, 0.1) is 4.90 Å². The van der Waals surface area contributed by atoms with E-state index >= 15 is 0 Å². The number of imidazole rings is 1. The van der Waals surface area contributed by atoms with Crippen LogP contribution in [0, 0.1) is 5.92 Å². The Morgan fingerprint density at radius 1 is 1.33 bits per heavy atom. The van der Waals surface area contributed by atoms with Crippen molar-refractivity contribution in [3.8, 4) is 0 Å². The Morgan fingerprint density at radius 3 is 2.70 bits per heavy atom. The molecule has 164 valence electrons. The van der Waals surface area contributed by atoms with Crippen molar-refractivity contribution in [2.75, 3.05) is 18.6 Å². The van der Waals surface area contributed by atoms with Gasteiger partial charge >= 0.3 is 0 Å². The molecule has 9 nitrogen and oxygen atoms in total. The van der Waals surface area contributed by atoms with Crippen LogP contribution in [0.4, 0.5) is 5.95 Å². The number of amides is 1. The lowest BCUT2D eigenvalue weighted by Crippen LogP contribution is -2.51. The average Bonchev–Trinajstić information content (AvgIpc) is 3.19. The van der Waals surface area contributed by atoms with Crippen molar-refractivity contribution in [1.29, 1.82) is 0 Å². The average molecular weight is 500 g/mol. The summed E-state index contributed by atoms with van der Waals surface area (Å²) >= 11 is 3.27. The fraction of sp³-hybridized carbons (Fsp3) is 0.474. The minimum Gasteiger partial charge on any atom is -0.341 e. The zero-order chi connectivity index (χ0) is 21.7. The van der Waals surface area contributed by atoms with Crippen molar-refractivity contribution in [1.82, 2.24) is 19.2 Å². The van der Waals surface area contributed by atoms with Gasteiger partial charge in [0, 0.05) is 36.5 Å². The van der Waals surface area contributed by atoms with E-state index in [1.165, 1.54) is 12.3 Å². The Hall–Kier alpha value is -1.95. The number of likely N-dealkylation sites (tertiary alicyclic amines) is 1. The summed E-state index contributed by atoms with van der Waals surface area (Å²) in [6.07, 6.45) is 5.16. The van der Waals surface area contributed by atoms with Crippen LogP contribution in [0.15, 0.2) is 46.0 Å². The molecular weight excluding hydrogens is 474 g/mol.